The largest absolute Gasteiger partial charge is 0.394 e. The number of hydrogen-bond donors (Lipinski definition) is 1. The van der Waals surface area contributed by atoms with Gasteiger partial charge in [0.2, 0.25) is 5.91 Å². The van der Waals surface area contributed by atoms with Gasteiger partial charge in [0.05, 0.1) is 12.6 Å². The number of rotatable bonds is 3. The predicted molar refractivity (Wildman–Crippen MR) is 54.4 cm³/mol. The standard InChI is InChI=1S/C11H17NO2/c1-3-4-5-11(14)12-7-6-9(2)10(12)8-13/h1,9-10,13H,4-8H2,2H3. The summed E-state index contributed by atoms with van der Waals surface area (Å²) in [6, 6.07) is 0.000254. The van der Waals surface area contributed by atoms with Crippen molar-refractivity contribution in [2.75, 3.05) is 13.2 Å². The van der Waals surface area contributed by atoms with E-state index in [-0.39, 0.29) is 18.6 Å². The van der Waals surface area contributed by atoms with Crippen molar-refractivity contribution in [1.29, 1.82) is 0 Å². The molecule has 0 aromatic rings. The summed E-state index contributed by atoms with van der Waals surface area (Å²) in [5.74, 6) is 2.93. The molecule has 0 radical (unpaired) electrons. The van der Waals surface area contributed by atoms with Crippen molar-refractivity contribution >= 4 is 5.91 Å². The molecule has 0 aromatic heterocycles. The minimum absolute atomic E-state index is 0.000254. The predicted octanol–water partition coefficient (Wildman–Crippen LogP) is 0.629. The number of carbonyl (C=O) groups is 1. The number of carbonyl (C=O) groups excluding carboxylic acids is 1. The second-order valence-corrected chi connectivity index (χ2v) is 3.81. The Labute approximate surface area is 85.1 Å². The van der Waals surface area contributed by atoms with Crippen molar-refractivity contribution < 1.29 is 9.90 Å². The van der Waals surface area contributed by atoms with Crippen LogP contribution in [-0.4, -0.2) is 35.1 Å². The van der Waals surface area contributed by atoms with E-state index in [9.17, 15) is 4.79 Å². The average Bonchev–Trinajstić information content (AvgIpc) is 2.55. The summed E-state index contributed by atoms with van der Waals surface area (Å²) < 4.78 is 0. The topological polar surface area (TPSA) is 40.5 Å². The van der Waals surface area contributed by atoms with Gasteiger partial charge >= 0.3 is 0 Å². The van der Waals surface area contributed by atoms with Gasteiger partial charge < -0.3 is 10.0 Å². The van der Waals surface area contributed by atoms with Gasteiger partial charge in [0.1, 0.15) is 0 Å². The molecule has 1 fully saturated rings. The number of likely N-dealkylation sites (tertiary alicyclic amines) is 1. The molecule has 0 aliphatic carbocycles. The van der Waals surface area contributed by atoms with E-state index >= 15 is 0 Å². The highest BCUT2D eigenvalue weighted by atomic mass is 16.3. The van der Waals surface area contributed by atoms with Gasteiger partial charge in [-0.3, -0.25) is 4.79 Å². The van der Waals surface area contributed by atoms with Crippen LogP contribution in [0, 0.1) is 18.3 Å². The minimum atomic E-state index is 0.000254. The summed E-state index contributed by atoms with van der Waals surface area (Å²) >= 11 is 0. The van der Waals surface area contributed by atoms with Gasteiger partial charge in [-0.15, -0.1) is 12.3 Å². The van der Waals surface area contributed by atoms with Crippen LogP contribution in [0.4, 0.5) is 0 Å². The zero-order valence-electron chi connectivity index (χ0n) is 8.57. The molecule has 1 amide bonds. The van der Waals surface area contributed by atoms with Crippen LogP contribution in [-0.2, 0) is 4.79 Å². The maximum Gasteiger partial charge on any atom is 0.223 e. The number of nitrogens with zero attached hydrogens (tertiary/aromatic N) is 1. The van der Waals surface area contributed by atoms with E-state index in [1.807, 2.05) is 0 Å². The third-order valence-corrected chi connectivity index (χ3v) is 2.87. The Balaban J connectivity index is 2.51. The maximum atomic E-state index is 11.6. The van der Waals surface area contributed by atoms with Gasteiger partial charge in [0.25, 0.3) is 0 Å². The summed E-state index contributed by atoms with van der Waals surface area (Å²) in [5.41, 5.74) is 0. The highest BCUT2D eigenvalue weighted by molar-refractivity contribution is 5.77. The molecule has 3 heteroatoms. The lowest BCUT2D eigenvalue weighted by Crippen LogP contribution is -2.39. The van der Waals surface area contributed by atoms with E-state index in [4.69, 9.17) is 11.5 Å². The third-order valence-electron chi connectivity index (χ3n) is 2.87. The Kier molecular flexibility index (Phi) is 3.97. The Morgan fingerprint density at radius 1 is 1.71 bits per heavy atom. The van der Waals surface area contributed by atoms with Crippen LogP contribution in [0.2, 0.25) is 0 Å². The molecule has 78 valence electrons. The molecule has 1 saturated heterocycles. The van der Waals surface area contributed by atoms with Crippen molar-refractivity contribution in [3.63, 3.8) is 0 Å². The van der Waals surface area contributed by atoms with Gasteiger partial charge in [0.15, 0.2) is 0 Å². The molecule has 0 bridgehead atoms. The van der Waals surface area contributed by atoms with Gasteiger partial charge in [0, 0.05) is 19.4 Å². The van der Waals surface area contributed by atoms with Crippen molar-refractivity contribution in [3.05, 3.63) is 0 Å². The fourth-order valence-electron chi connectivity index (χ4n) is 1.92. The van der Waals surface area contributed by atoms with Crippen molar-refractivity contribution in [2.24, 2.45) is 5.92 Å². The van der Waals surface area contributed by atoms with Crippen LogP contribution in [0.5, 0.6) is 0 Å². The molecular weight excluding hydrogens is 178 g/mol. The van der Waals surface area contributed by atoms with Crippen LogP contribution in [0.3, 0.4) is 0 Å². The van der Waals surface area contributed by atoms with Crippen LogP contribution in [0.25, 0.3) is 0 Å². The monoisotopic (exact) mass is 195 g/mol. The lowest BCUT2D eigenvalue weighted by Gasteiger charge is -2.24. The van der Waals surface area contributed by atoms with Crippen LogP contribution in [0.15, 0.2) is 0 Å². The molecule has 2 unspecified atom stereocenters. The number of aliphatic hydroxyl groups is 1. The Hall–Kier alpha value is -1.01. The lowest BCUT2D eigenvalue weighted by atomic mass is 10.0. The highest BCUT2D eigenvalue weighted by Gasteiger charge is 2.33. The summed E-state index contributed by atoms with van der Waals surface area (Å²) in [6.45, 7) is 2.88. The minimum Gasteiger partial charge on any atom is -0.394 e. The first-order valence-corrected chi connectivity index (χ1v) is 5.04. The fraction of sp³-hybridized carbons (Fsp3) is 0.727. The first-order valence-electron chi connectivity index (χ1n) is 5.04. The van der Waals surface area contributed by atoms with E-state index in [2.05, 4.69) is 12.8 Å². The number of hydrogen-bond acceptors (Lipinski definition) is 2. The van der Waals surface area contributed by atoms with Crippen LogP contribution < -0.4 is 0 Å². The molecule has 0 aromatic carbocycles. The molecule has 14 heavy (non-hydrogen) atoms. The lowest BCUT2D eigenvalue weighted by molar-refractivity contribution is -0.133. The fourth-order valence-corrected chi connectivity index (χ4v) is 1.92. The molecule has 1 aliphatic rings. The molecular formula is C11H17NO2. The third kappa shape index (κ3) is 2.27. The molecule has 3 nitrogen and oxygen atoms in total. The first kappa shape index (κ1) is 11.1. The molecule has 0 spiro atoms. The Bertz CT molecular complexity index is 244. The second kappa shape index (κ2) is 5.02. The molecule has 2 atom stereocenters. The van der Waals surface area contributed by atoms with Gasteiger partial charge in [-0.25, -0.2) is 0 Å². The molecule has 1 rings (SSSR count). The van der Waals surface area contributed by atoms with E-state index in [1.165, 1.54) is 0 Å². The normalized spacial score (nSPS) is 26.2. The zero-order valence-corrected chi connectivity index (χ0v) is 8.57. The highest BCUT2D eigenvalue weighted by Crippen LogP contribution is 2.24. The maximum absolute atomic E-state index is 11.6. The van der Waals surface area contributed by atoms with E-state index in [1.54, 1.807) is 4.90 Å². The first-order chi connectivity index (χ1) is 6.70. The molecule has 1 N–H and O–H groups in total. The number of terminal acetylenes is 1. The molecule has 1 aliphatic heterocycles. The van der Waals surface area contributed by atoms with Gasteiger partial charge in [-0.05, 0) is 12.3 Å². The SMILES string of the molecule is C#CCCC(=O)N1CCC(C)C1CO. The summed E-state index contributed by atoms with van der Waals surface area (Å²) in [6.07, 6.45) is 6.97. The van der Waals surface area contributed by atoms with Crippen LogP contribution in [0.1, 0.15) is 26.2 Å². The average molecular weight is 195 g/mol. The summed E-state index contributed by atoms with van der Waals surface area (Å²) in [7, 11) is 0. The Morgan fingerprint density at radius 2 is 2.43 bits per heavy atom. The van der Waals surface area contributed by atoms with Gasteiger partial charge in [-0.1, -0.05) is 6.92 Å². The molecule has 0 saturated carbocycles. The van der Waals surface area contributed by atoms with E-state index in [0.717, 1.165) is 13.0 Å². The zero-order chi connectivity index (χ0) is 10.6. The van der Waals surface area contributed by atoms with Gasteiger partial charge in [-0.2, -0.15) is 0 Å². The smallest absolute Gasteiger partial charge is 0.223 e. The van der Waals surface area contributed by atoms with Crippen molar-refractivity contribution in [1.82, 2.24) is 4.90 Å². The quantitative estimate of drug-likeness (QED) is 0.671. The summed E-state index contributed by atoms with van der Waals surface area (Å²) in [4.78, 5) is 13.4. The second-order valence-electron chi connectivity index (χ2n) is 3.81. The van der Waals surface area contributed by atoms with E-state index < -0.39 is 0 Å². The van der Waals surface area contributed by atoms with E-state index in [0.29, 0.717) is 18.8 Å². The Morgan fingerprint density at radius 3 is 3.00 bits per heavy atom. The number of amides is 1. The molecule has 1 heterocycles. The summed E-state index contributed by atoms with van der Waals surface area (Å²) in [5, 5.41) is 9.15. The number of aliphatic hydroxyl groups excluding tert-OH is 1. The van der Waals surface area contributed by atoms with Crippen molar-refractivity contribution in [2.45, 2.75) is 32.2 Å². The van der Waals surface area contributed by atoms with Crippen molar-refractivity contribution in [3.8, 4) is 12.3 Å². The van der Waals surface area contributed by atoms with Crippen LogP contribution >= 0.6 is 0 Å².